The maximum Gasteiger partial charge on any atom is 0.133 e. The van der Waals surface area contributed by atoms with E-state index >= 15 is 0 Å². The Morgan fingerprint density at radius 2 is 2.06 bits per heavy atom. The molecular formula is C14H15ClN2O. The molecule has 0 aliphatic heterocycles. The molecule has 4 heteroatoms. The first-order valence-electron chi connectivity index (χ1n) is 6.06. The minimum Gasteiger partial charge on any atom is -0.370 e. The van der Waals surface area contributed by atoms with E-state index in [9.17, 15) is 4.79 Å². The lowest BCUT2D eigenvalue weighted by Crippen LogP contribution is -2.35. The number of Topliss-reactive ketones (excluding diaryl/α,β-unsaturated/α-hetero) is 1. The Hall–Kier alpha value is -1.53. The maximum atomic E-state index is 11.2. The summed E-state index contributed by atoms with van der Waals surface area (Å²) in [6.07, 6.45) is 3.07. The molecule has 2 rings (SSSR count). The number of ketones is 1. The van der Waals surface area contributed by atoms with Gasteiger partial charge in [0.05, 0.1) is 22.3 Å². The summed E-state index contributed by atoms with van der Waals surface area (Å²) in [7, 11) is 1.99. The van der Waals surface area contributed by atoms with Gasteiger partial charge in [-0.1, -0.05) is 11.6 Å². The number of carbonyl (C=O) groups is 1. The van der Waals surface area contributed by atoms with Gasteiger partial charge in [-0.05, 0) is 31.0 Å². The molecule has 18 heavy (non-hydrogen) atoms. The van der Waals surface area contributed by atoms with Crippen LogP contribution in [0, 0.1) is 11.3 Å². The standard InChI is InChI=1S/C14H15ClN2O/c1-17(11-3-5-12(18)6-4-11)14-7-2-10(9-16)8-13(14)15/h2,7-8,11H,3-6H2,1H3. The second-order valence-electron chi connectivity index (χ2n) is 4.66. The van der Waals surface area contributed by atoms with Crippen LogP contribution in [-0.4, -0.2) is 18.9 Å². The lowest BCUT2D eigenvalue weighted by atomic mass is 9.93. The molecule has 0 unspecified atom stereocenters. The van der Waals surface area contributed by atoms with Gasteiger partial charge in [-0.25, -0.2) is 0 Å². The second kappa shape index (κ2) is 5.41. The summed E-state index contributed by atoms with van der Waals surface area (Å²) in [6.45, 7) is 0. The van der Waals surface area contributed by atoms with Crippen molar-refractivity contribution in [3.63, 3.8) is 0 Å². The fraction of sp³-hybridized carbons (Fsp3) is 0.429. The third-order valence-corrected chi connectivity index (χ3v) is 3.82. The van der Waals surface area contributed by atoms with E-state index < -0.39 is 0 Å². The highest BCUT2D eigenvalue weighted by molar-refractivity contribution is 6.33. The molecule has 1 saturated carbocycles. The van der Waals surface area contributed by atoms with Gasteiger partial charge >= 0.3 is 0 Å². The third-order valence-electron chi connectivity index (χ3n) is 3.52. The summed E-state index contributed by atoms with van der Waals surface area (Å²) in [6, 6.07) is 7.75. The largest absolute Gasteiger partial charge is 0.370 e. The fourth-order valence-electron chi connectivity index (χ4n) is 2.37. The van der Waals surface area contributed by atoms with Crippen LogP contribution in [0.3, 0.4) is 0 Å². The van der Waals surface area contributed by atoms with Crippen LogP contribution >= 0.6 is 11.6 Å². The van der Waals surface area contributed by atoms with Gasteiger partial charge in [0.1, 0.15) is 5.78 Å². The van der Waals surface area contributed by atoms with E-state index in [-0.39, 0.29) is 0 Å². The van der Waals surface area contributed by atoms with E-state index in [4.69, 9.17) is 16.9 Å². The molecule has 0 N–H and O–H groups in total. The Morgan fingerprint density at radius 3 is 2.61 bits per heavy atom. The van der Waals surface area contributed by atoms with E-state index in [0.29, 0.717) is 35.3 Å². The van der Waals surface area contributed by atoms with Gasteiger partial charge < -0.3 is 4.90 Å². The number of anilines is 1. The first-order valence-corrected chi connectivity index (χ1v) is 6.44. The van der Waals surface area contributed by atoms with E-state index in [2.05, 4.69) is 11.0 Å². The van der Waals surface area contributed by atoms with E-state index in [1.807, 2.05) is 13.1 Å². The van der Waals surface area contributed by atoms with Crippen LogP contribution in [0.15, 0.2) is 18.2 Å². The van der Waals surface area contributed by atoms with Crippen molar-refractivity contribution < 1.29 is 4.79 Å². The average molecular weight is 263 g/mol. The minimum absolute atomic E-state index is 0.352. The molecule has 0 spiro atoms. The zero-order chi connectivity index (χ0) is 13.1. The highest BCUT2D eigenvalue weighted by atomic mass is 35.5. The van der Waals surface area contributed by atoms with Crippen molar-refractivity contribution in [2.75, 3.05) is 11.9 Å². The Morgan fingerprint density at radius 1 is 1.39 bits per heavy atom. The Bertz CT molecular complexity index is 497. The number of hydrogen-bond acceptors (Lipinski definition) is 3. The van der Waals surface area contributed by atoms with Crippen LogP contribution in [0.5, 0.6) is 0 Å². The molecule has 0 radical (unpaired) electrons. The summed E-state index contributed by atoms with van der Waals surface area (Å²) in [5, 5.41) is 9.40. The van der Waals surface area contributed by atoms with Gasteiger partial charge in [-0.15, -0.1) is 0 Å². The van der Waals surface area contributed by atoms with Gasteiger partial charge in [-0.3, -0.25) is 4.79 Å². The minimum atomic E-state index is 0.352. The van der Waals surface area contributed by atoms with Crippen molar-refractivity contribution in [3.05, 3.63) is 28.8 Å². The molecule has 0 atom stereocenters. The SMILES string of the molecule is CN(c1ccc(C#N)cc1Cl)C1CCC(=O)CC1. The molecule has 0 amide bonds. The first kappa shape index (κ1) is 12.9. The zero-order valence-electron chi connectivity index (χ0n) is 10.3. The Balaban J connectivity index is 2.16. The number of halogens is 1. The second-order valence-corrected chi connectivity index (χ2v) is 5.07. The van der Waals surface area contributed by atoms with Crippen LogP contribution in [-0.2, 0) is 4.79 Å². The van der Waals surface area contributed by atoms with Gasteiger partial charge in [-0.2, -0.15) is 5.26 Å². The quantitative estimate of drug-likeness (QED) is 0.822. The molecule has 0 bridgehead atoms. The van der Waals surface area contributed by atoms with Crippen LogP contribution in [0.1, 0.15) is 31.2 Å². The van der Waals surface area contributed by atoms with Gasteiger partial charge in [0.15, 0.2) is 0 Å². The molecule has 0 saturated heterocycles. The van der Waals surface area contributed by atoms with Crippen molar-refractivity contribution in [1.29, 1.82) is 5.26 Å². The molecule has 0 heterocycles. The summed E-state index contributed by atoms with van der Waals surface area (Å²) >= 11 is 6.19. The molecule has 3 nitrogen and oxygen atoms in total. The number of hydrogen-bond donors (Lipinski definition) is 0. The van der Waals surface area contributed by atoms with Crippen molar-refractivity contribution in [3.8, 4) is 6.07 Å². The number of rotatable bonds is 2. The van der Waals surface area contributed by atoms with Crippen molar-refractivity contribution >= 4 is 23.1 Å². The topological polar surface area (TPSA) is 44.1 Å². The monoisotopic (exact) mass is 262 g/mol. The molecule has 1 aromatic carbocycles. The number of carbonyl (C=O) groups excluding carboxylic acids is 1. The number of nitriles is 1. The predicted octanol–water partition coefficient (Wildman–Crippen LogP) is 3.16. The van der Waals surface area contributed by atoms with Gasteiger partial charge in [0, 0.05) is 25.9 Å². The Labute approximate surface area is 112 Å². The first-order chi connectivity index (χ1) is 8.61. The summed E-state index contributed by atoms with van der Waals surface area (Å²) < 4.78 is 0. The highest BCUT2D eigenvalue weighted by Crippen LogP contribution is 2.30. The van der Waals surface area contributed by atoms with Crippen LogP contribution < -0.4 is 4.90 Å². The van der Waals surface area contributed by atoms with Crippen LogP contribution in [0.25, 0.3) is 0 Å². The number of benzene rings is 1. The Kier molecular flexibility index (Phi) is 3.88. The molecule has 1 aromatic rings. The molecule has 1 aliphatic carbocycles. The molecule has 1 fully saturated rings. The molecule has 94 valence electrons. The van der Waals surface area contributed by atoms with Crippen LogP contribution in [0.2, 0.25) is 5.02 Å². The predicted molar refractivity (Wildman–Crippen MR) is 71.8 cm³/mol. The third kappa shape index (κ3) is 2.65. The van der Waals surface area contributed by atoms with Crippen molar-refractivity contribution in [2.45, 2.75) is 31.7 Å². The van der Waals surface area contributed by atoms with E-state index in [0.717, 1.165) is 18.5 Å². The van der Waals surface area contributed by atoms with E-state index in [1.165, 1.54) is 0 Å². The molecule has 1 aliphatic rings. The van der Waals surface area contributed by atoms with Gasteiger partial charge in [0.25, 0.3) is 0 Å². The smallest absolute Gasteiger partial charge is 0.133 e. The summed E-state index contributed by atoms with van der Waals surface area (Å²) in [5.74, 6) is 0.352. The van der Waals surface area contributed by atoms with Crippen molar-refractivity contribution in [1.82, 2.24) is 0 Å². The number of nitrogens with zero attached hydrogens (tertiary/aromatic N) is 2. The molecule has 0 aromatic heterocycles. The zero-order valence-corrected chi connectivity index (χ0v) is 11.1. The van der Waals surface area contributed by atoms with Crippen molar-refractivity contribution in [2.24, 2.45) is 0 Å². The lowest BCUT2D eigenvalue weighted by molar-refractivity contribution is -0.120. The molecular weight excluding hydrogens is 248 g/mol. The van der Waals surface area contributed by atoms with E-state index in [1.54, 1.807) is 12.1 Å². The van der Waals surface area contributed by atoms with Gasteiger partial charge in [0.2, 0.25) is 0 Å². The fourth-order valence-corrected chi connectivity index (χ4v) is 2.68. The average Bonchev–Trinajstić information content (AvgIpc) is 2.38. The summed E-state index contributed by atoms with van der Waals surface area (Å²) in [5.41, 5.74) is 1.49. The lowest BCUT2D eigenvalue weighted by Gasteiger charge is -2.33. The summed E-state index contributed by atoms with van der Waals surface area (Å²) in [4.78, 5) is 13.4. The highest BCUT2D eigenvalue weighted by Gasteiger charge is 2.23. The maximum absolute atomic E-state index is 11.2. The normalized spacial score (nSPS) is 16.4. The van der Waals surface area contributed by atoms with Crippen LogP contribution in [0.4, 0.5) is 5.69 Å².